The van der Waals surface area contributed by atoms with Crippen LogP contribution >= 0.6 is 11.3 Å². The van der Waals surface area contributed by atoms with Gasteiger partial charge in [0.25, 0.3) is 0 Å². The Kier molecular flexibility index (Phi) is 4.08. The predicted octanol–water partition coefficient (Wildman–Crippen LogP) is 4.79. The molecule has 0 atom stereocenters. The number of nitrogens with one attached hydrogen (secondary N) is 1. The summed E-state index contributed by atoms with van der Waals surface area (Å²) in [5.41, 5.74) is 2.10. The van der Waals surface area contributed by atoms with E-state index in [1.807, 2.05) is 18.2 Å². The number of hydrogen-bond acceptors (Lipinski definition) is 4. The van der Waals surface area contributed by atoms with Gasteiger partial charge >= 0.3 is 0 Å². The van der Waals surface area contributed by atoms with Gasteiger partial charge in [-0.2, -0.15) is 0 Å². The van der Waals surface area contributed by atoms with Crippen LogP contribution in [0.1, 0.15) is 37.3 Å². The summed E-state index contributed by atoms with van der Waals surface area (Å²) in [6.45, 7) is 8.34. The maximum atomic E-state index is 5.93. The molecule has 110 valence electrons. The van der Waals surface area contributed by atoms with Crippen LogP contribution < -0.4 is 5.32 Å². The highest BCUT2D eigenvalue weighted by Crippen LogP contribution is 2.34. The number of rotatable bonds is 5. The number of benzene rings is 1. The molecule has 3 aromatic rings. The molecule has 4 heteroatoms. The second kappa shape index (κ2) is 6.00. The van der Waals surface area contributed by atoms with E-state index in [4.69, 9.17) is 9.40 Å². The van der Waals surface area contributed by atoms with Crippen LogP contribution in [-0.2, 0) is 6.54 Å². The average molecular weight is 300 g/mol. The molecule has 2 aromatic heterocycles. The number of thiazole rings is 1. The van der Waals surface area contributed by atoms with Crippen LogP contribution in [0.5, 0.6) is 0 Å². The first kappa shape index (κ1) is 14.3. The molecule has 0 fully saturated rings. The minimum atomic E-state index is 0.424. The van der Waals surface area contributed by atoms with Crippen LogP contribution in [0, 0.1) is 0 Å². The van der Waals surface area contributed by atoms with Crippen molar-refractivity contribution < 1.29 is 4.42 Å². The molecule has 0 saturated carbocycles. The minimum Gasteiger partial charge on any atom is -0.454 e. The third-order valence-corrected chi connectivity index (χ3v) is 4.53. The van der Waals surface area contributed by atoms with Gasteiger partial charge in [-0.05, 0) is 24.6 Å². The molecule has 1 aromatic carbocycles. The lowest BCUT2D eigenvalue weighted by atomic mass is 10.1. The Morgan fingerprint density at radius 3 is 2.81 bits per heavy atom. The van der Waals surface area contributed by atoms with Crippen LogP contribution in [-0.4, -0.2) is 11.5 Å². The van der Waals surface area contributed by atoms with Crippen LogP contribution in [0.3, 0.4) is 0 Å². The maximum Gasteiger partial charge on any atom is 0.164 e. The van der Waals surface area contributed by atoms with Gasteiger partial charge in [0.05, 0.1) is 5.69 Å². The minimum absolute atomic E-state index is 0.424. The summed E-state index contributed by atoms with van der Waals surface area (Å²) in [7, 11) is 0. The number of para-hydroxylation sites is 1. The van der Waals surface area contributed by atoms with Crippen molar-refractivity contribution in [2.45, 2.75) is 33.2 Å². The Labute approximate surface area is 129 Å². The van der Waals surface area contributed by atoms with E-state index in [0.29, 0.717) is 5.92 Å². The Bertz CT molecular complexity index is 709. The fourth-order valence-electron chi connectivity index (χ4n) is 2.37. The fraction of sp³-hybridized carbons (Fsp3) is 0.353. The second-order valence-electron chi connectivity index (χ2n) is 5.41. The highest BCUT2D eigenvalue weighted by atomic mass is 32.1. The number of furan rings is 1. The van der Waals surface area contributed by atoms with Gasteiger partial charge in [0.15, 0.2) is 10.8 Å². The van der Waals surface area contributed by atoms with Crippen molar-refractivity contribution in [2.24, 2.45) is 0 Å². The van der Waals surface area contributed by atoms with Crippen LogP contribution in [0.4, 0.5) is 0 Å². The smallest absolute Gasteiger partial charge is 0.164 e. The number of aromatic nitrogens is 1. The summed E-state index contributed by atoms with van der Waals surface area (Å²) >= 11 is 1.73. The maximum absolute atomic E-state index is 5.93. The number of fused-ring (bicyclic) bond motifs is 1. The molecule has 0 bridgehead atoms. The van der Waals surface area contributed by atoms with Crippen LogP contribution in [0.2, 0.25) is 0 Å². The third kappa shape index (κ3) is 2.87. The van der Waals surface area contributed by atoms with Crippen molar-refractivity contribution in [2.75, 3.05) is 6.54 Å². The van der Waals surface area contributed by atoms with E-state index in [9.17, 15) is 0 Å². The molecule has 0 unspecified atom stereocenters. The lowest BCUT2D eigenvalue weighted by molar-refractivity contribution is 0.630. The van der Waals surface area contributed by atoms with Crippen molar-refractivity contribution in [3.05, 3.63) is 40.9 Å². The zero-order valence-corrected chi connectivity index (χ0v) is 13.5. The third-order valence-electron chi connectivity index (χ3n) is 3.45. The first-order valence-corrected chi connectivity index (χ1v) is 8.20. The van der Waals surface area contributed by atoms with E-state index >= 15 is 0 Å². The summed E-state index contributed by atoms with van der Waals surface area (Å²) in [6, 6.07) is 10.2. The fourth-order valence-corrected chi connectivity index (χ4v) is 3.51. The largest absolute Gasteiger partial charge is 0.454 e. The second-order valence-corrected chi connectivity index (χ2v) is 6.49. The number of nitrogens with zero attached hydrogens (tertiary/aromatic N) is 1. The predicted molar refractivity (Wildman–Crippen MR) is 88.8 cm³/mol. The summed E-state index contributed by atoms with van der Waals surface area (Å²) in [5, 5.41) is 5.49. The average Bonchev–Trinajstić information content (AvgIpc) is 3.08. The van der Waals surface area contributed by atoms with E-state index < -0.39 is 0 Å². The molecule has 3 nitrogen and oxygen atoms in total. The summed E-state index contributed by atoms with van der Waals surface area (Å²) < 4.78 is 5.93. The van der Waals surface area contributed by atoms with E-state index in [-0.39, 0.29) is 0 Å². The quantitative estimate of drug-likeness (QED) is 0.736. The Morgan fingerprint density at radius 1 is 1.29 bits per heavy atom. The molecule has 0 amide bonds. The lowest BCUT2D eigenvalue weighted by Crippen LogP contribution is -2.12. The van der Waals surface area contributed by atoms with Crippen molar-refractivity contribution in [1.29, 1.82) is 0 Å². The molecule has 0 aliphatic heterocycles. The first-order chi connectivity index (χ1) is 10.2. The molecule has 0 radical (unpaired) electrons. The van der Waals surface area contributed by atoms with Crippen LogP contribution in [0.25, 0.3) is 21.7 Å². The van der Waals surface area contributed by atoms with Gasteiger partial charge < -0.3 is 9.73 Å². The van der Waals surface area contributed by atoms with Gasteiger partial charge in [-0.25, -0.2) is 4.98 Å². The lowest BCUT2D eigenvalue weighted by Gasteiger charge is -2.04. The van der Waals surface area contributed by atoms with Crippen molar-refractivity contribution >= 4 is 22.3 Å². The van der Waals surface area contributed by atoms with Crippen molar-refractivity contribution in [3.63, 3.8) is 0 Å². The number of hydrogen-bond donors (Lipinski definition) is 1. The molecule has 1 N–H and O–H groups in total. The van der Waals surface area contributed by atoms with Gasteiger partial charge in [0.1, 0.15) is 5.58 Å². The topological polar surface area (TPSA) is 38.1 Å². The molecule has 0 saturated heterocycles. The highest BCUT2D eigenvalue weighted by Gasteiger charge is 2.17. The Morgan fingerprint density at radius 2 is 2.10 bits per heavy atom. The van der Waals surface area contributed by atoms with Crippen molar-refractivity contribution in [1.82, 2.24) is 10.3 Å². The van der Waals surface area contributed by atoms with Crippen LogP contribution in [0.15, 0.2) is 34.7 Å². The van der Waals surface area contributed by atoms with Gasteiger partial charge in [-0.1, -0.05) is 39.0 Å². The molecule has 0 spiro atoms. The van der Waals surface area contributed by atoms with Gasteiger partial charge in [-0.3, -0.25) is 0 Å². The summed E-state index contributed by atoms with van der Waals surface area (Å²) in [6.07, 6.45) is 0. The zero-order valence-electron chi connectivity index (χ0n) is 12.6. The van der Waals surface area contributed by atoms with Gasteiger partial charge in [-0.15, -0.1) is 11.3 Å². The van der Waals surface area contributed by atoms with Crippen molar-refractivity contribution in [3.8, 4) is 10.8 Å². The molecule has 3 rings (SSSR count). The summed E-state index contributed by atoms with van der Waals surface area (Å²) in [4.78, 5) is 6.12. The Balaban J connectivity index is 2.01. The van der Waals surface area contributed by atoms with Gasteiger partial charge in [0, 0.05) is 16.8 Å². The van der Waals surface area contributed by atoms with E-state index in [0.717, 1.165) is 34.8 Å². The molecule has 0 aliphatic carbocycles. The molecule has 0 aliphatic rings. The molecular weight excluding hydrogens is 280 g/mol. The van der Waals surface area contributed by atoms with E-state index in [1.165, 1.54) is 10.6 Å². The normalized spacial score (nSPS) is 11.6. The SMILES string of the molecule is CCNCc1sc(-c2cc3ccccc3o2)nc1C(C)C. The first-order valence-electron chi connectivity index (χ1n) is 7.38. The molecule has 21 heavy (non-hydrogen) atoms. The van der Waals surface area contributed by atoms with Gasteiger partial charge in [0.2, 0.25) is 0 Å². The highest BCUT2D eigenvalue weighted by molar-refractivity contribution is 7.15. The zero-order chi connectivity index (χ0) is 14.8. The van der Waals surface area contributed by atoms with E-state index in [1.54, 1.807) is 11.3 Å². The molecule has 2 heterocycles. The summed E-state index contributed by atoms with van der Waals surface area (Å²) in [5.74, 6) is 1.29. The molecular formula is C17H20N2OS. The van der Waals surface area contributed by atoms with E-state index in [2.05, 4.69) is 38.2 Å². The monoisotopic (exact) mass is 300 g/mol. The Hall–Kier alpha value is -1.65. The standard InChI is InChI=1S/C17H20N2OS/c1-4-18-10-15-16(11(2)3)19-17(21-15)14-9-12-7-5-6-8-13(12)20-14/h5-9,11,18H,4,10H2,1-3H3.